The van der Waals surface area contributed by atoms with Crippen molar-refractivity contribution in [1.29, 1.82) is 0 Å². The van der Waals surface area contributed by atoms with Crippen molar-refractivity contribution >= 4 is 32.3 Å². The Morgan fingerprint density at radius 1 is 0.520 bits per heavy atom. The molecule has 0 fully saturated rings. The molecule has 0 spiro atoms. The summed E-state index contributed by atoms with van der Waals surface area (Å²) in [6, 6.07) is 33.0. The molecule has 0 atom stereocenters. The first-order chi connectivity index (χ1) is 12.3. The molecule has 0 amide bonds. The number of hydrogen-bond acceptors (Lipinski definition) is 0. The highest BCUT2D eigenvalue weighted by Gasteiger charge is 2.10. The fourth-order valence-electron chi connectivity index (χ4n) is 3.89. The van der Waals surface area contributed by atoms with E-state index in [4.69, 9.17) is 0 Å². The first kappa shape index (κ1) is 14.2. The molecule has 118 valence electrons. The molecule has 0 radical (unpaired) electrons. The summed E-state index contributed by atoms with van der Waals surface area (Å²) in [7, 11) is 0. The third kappa shape index (κ3) is 2.22. The van der Waals surface area contributed by atoms with Gasteiger partial charge in [0.05, 0.1) is 0 Å². The summed E-state index contributed by atoms with van der Waals surface area (Å²) < 4.78 is 0. The van der Waals surface area contributed by atoms with Crippen LogP contribution in [-0.2, 0) is 0 Å². The molecule has 0 saturated heterocycles. The maximum atomic E-state index is 2.32. The first-order valence-electron chi connectivity index (χ1n) is 8.71. The van der Waals surface area contributed by atoms with Gasteiger partial charge in [-0.2, -0.15) is 0 Å². The van der Waals surface area contributed by atoms with Crippen LogP contribution in [0.5, 0.6) is 0 Å². The number of rotatable bonds is 1. The van der Waals surface area contributed by atoms with Crippen LogP contribution >= 0.6 is 0 Å². The zero-order chi connectivity index (χ0) is 16.8. The van der Waals surface area contributed by atoms with Gasteiger partial charge in [0.2, 0.25) is 0 Å². The molecule has 0 aliphatic rings. The molecule has 25 heavy (non-hydrogen) atoms. The Morgan fingerprint density at radius 3 is 2.00 bits per heavy atom. The van der Waals surface area contributed by atoms with Gasteiger partial charge in [0, 0.05) is 0 Å². The highest BCUT2D eigenvalue weighted by Crippen LogP contribution is 2.38. The minimum Gasteiger partial charge on any atom is -0.0622 e. The van der Waals surface area contributed by atoms with Crippen molar-refractivity contribution in [1.82, 2.24) is 0 Å². The number of aryl methyl sites for hydroxylation is 1. The second kappa shape index (κ2) is 5.46. The lowest BCUT2D eigenvalue weighted by Crippen LogP contribution is -1.86. The van der Waals surface area contributed by atoms with Gasteiger partial charge in [0.25, 0.3) is 0 Å². The van der Waals surface area contributed by atoms with Crippen molar-refractivity contribution < 1.29 is 0 Å². The van der Waals surface area contributed by atoms with Gasteiger partial charge in [-0.05, 0) is 50.4 Å². The molecule has 0 unspecified atom stereocenters. The monoisotopic (exact) mass is 318 g/mol. The Bertz CT molecular complexity index is 1230. The van der Waals surface area contributed by atoms with Gasteiger partial charge >= 0.3 is 0 Å². The Labute approximate surface area is 147 Å². The molecule has 0 N–H and O–H groups in total. The van der Waals surface area contributed by atoms with Crippen LogP contribution in [0.25, 0.3) is 43.4 Å². The average Bonchev–Trinajstić information content (AvgIpc) is 2.67. The van der Waals surface area contributed by atoms with Gasteiger partial charge in [-0.15, -0.1) is 0 Å². The lowest BCUT2D eigenvalue weighted by atomic mass is 9.91. The van der Waals surface area contributed by atoms with E-state index in [1.54, 1.807) is 0 Å². The summed E-state index contributed by atoms with van der Waals surface area (Å²) in [6.45, 7) is 2.17. The molecule has 0 heterocycles. The number of benzene rings is 5. The molecule has 0 saturated carbocycles. The Hall–Kier alpha value is -3.12. The molecule has 0 aromatic heterocycles. The summed E-state index contributed by atoms with van der Waals surface area (Å²) in [5.74, 6) is 0. The van der Waals surface area contributed by atoms with E-state index in [1.807, 2.05) is 0 Å². The van der Waals surface area contributed by atoms with Crippen molar-refractivity contribution in [3.8, 4) is 11.1 Å². The zero-order valence-electron chi connectivity index (χ0n) is 14.2. The standard InChI is InChI=1S/C25H18/c1-17-10-11-19-12-13-21-15-14-20-8-5-9-22(18-6-3-2-4-7-18)24(20)25(21)23(19)16-17/h2-16H,1H3. The molecule has 5 aromatic rings. The molecule has 0 nitrogen and oxygen atoms in total. The minimum atomic E-state index is 1.27. The van der Waals surface area contributed by atoms with Crippen molar-refractivity contribution in [2.75, 3.05) is 0 Å². The van der Waals surface area contributed by atoms with Gasteiger partial charge in [0.1, 0.15) is 0 Å². The summed E-state index contributed by atoms with van der Waals surface area (Å²) >= 11 is 0. The van der Waals surface area contributed by atoms with Gasteiger partial charge in [-0.1, -0.05) is 96.6 Å². The van der Waals surface area contributed by atoms with Gasteiger partial charge in [-0.25, -0.2) is 0 Å². The van der Waals surface area contributed by atoms with Crippen molar-refractivity contribution in [3.05, 3.63) is 96.6 Å². The highest BCUT2D eigenvalue weighted by atomic mass is 14.1. The summed E-state index contributed by atoms with van der Waals surface area (Å²) in [4.78, 5) is 0. The second-order valence-corrected chi connectivity index (χ2v) is 6.72. The van der Waals surface area contributed by atoms with Crippen molar-refractivity contribution in [2.24, 2.45) is 0 Å². The molecule has 5 rings (SSSR count). The lowest BCUT2D eigenvalue weighted by Gasteiger charge is -2.13. The van der Waals surface area contributed by atoms with Crippen LogP contribution in [0.3, 0.4) is 0 Å². The summed E-state index contributed by atoms with van der Waals surface area (Å²) in [5.41, 5.74) is 3.87. The van der Waals surface area contributed by atoms with E-state index in [1.165, 1.54) is 49.0 Å². The van der Waals surface area contributed by atoms with Crippen LogP contribution < -0.4 is 0 Å². The predicted octanol–water partition coefficient (Wildman–Crippen LogP) is 7.12. The molecule has 0 aliphatic heterocycles. The lowest BCUT2D eigenvalue weighted by molar-refractivity contribution is 1.51. The first-order valence-corrected chi connectivity index (χ1v) is 8.71. The molecule has 0 aliphatic carbocycles. The number of hydrogen-bond donors (Lipinski definition) is 0. The van der Waals surface area contributed by atoms with E-state index in [2.05, 4.69) is 97.9 Å². The number of fused-ring (bicyclic) bond motifs is 5. The van der Waals surface area contributed by atoms with Crippen LogP contribution in [-0.4, -0.2) is 0 Å². The smallest absolute Gasteiger partial charge is 0.00205 e. The van der Waals surface area contributed by atoms with E-state index >= 15 is 0 Å². The molecule has 5 aromatic carbocycles. The SMILES string of the molecule is Cc1ccc2ccc3ccc4cccc(-c5ccccc5)c4c3c2c1. The van der Waals surface area contributed by atoms with E-state index in [0.29, 0.717) is 0 Å². The predicted molar refractivity (Wildman–Crippen MR) is 109 cm³/mol. The molecule has 0 heteroatoms. The van der Waals surface area contributed by atoms with E-state index in [-0.39, 0.29) is 0 Å². The van der Waals surface area contributed by atoms with Crippen molar-refractivity contribution in [3.63, 3.8) is 0 Å². The fourth-order valence-corrected chi connectivity index (χ4v) is 3.89. The van der Waals surface area contributed by atoms with E-state index in [9.17, 15) is 0 Å². The quantitative estimate of drug-likeness (QED) is 0.289. The molecule has 0 bridgehead atoms. The zero-order valence-corrected chi connectivity index (χ0v) is 14.2. The largest absolute Gasteiger partial charge is 0.0622 e. The van der Waals surface area contributed by atoms with Crippen LogP contribution in [0.15, 0.2) is 91.0 Å². The van der Waals surface area contributed by atoms with Crippen LogP contribution in [0.2, 0.25) is 0 Å². The highest BCUT2D eigenvalue weighted by molar-refractivity contribution is 6.23. The third-order valence-corrected chi connectivity index (χ3v) is 5.08. The summed E-state index contributed by atoms with van der Waals surface area (Å²) in [6.07, 6.45) is 0. The topological polar surface area (TPSA) is 0 Å². The Balaban J connectivity index is 2.05. The summed E-state index contributed by atoms with van der Waals surface area (Å²) in [5, 5.41) is 7.94. The van der Waals surface area contributed by atoms with E-state index in [0.717, 1.165) is 0 Å². The van der Waals surface area contributed by atoms with Gasteiger partial charge in [0.15, 0.2) is 0 Å². The fraction of sp³-hybridized carbons (Fsp3) is 0.0400. The van der Waals surface area contributed by atoms with Crippen molar-refractivity contribution in [2.45, 2.75) is 6.92 Å². The van der Waals surface area contributed by atoms with Crippen LogP contribution in [0.4, 0.5) is 0 Å². The minimum absolute atomic E-state index is 1.27. The van der Waals surface area contributed by atoms with Gasteiger partial charge < -0.3 is 0 Å². The maximum Gasteiger partial charge on any atom is -0.00205 e. The Kier molecular flexibility index (Phi) is 3.11. The van der Waals surface area contributed by atoms with Gasteiger partial charge in [-0.3, -0.25) is 0 Å². The van der Waals surface area contributed by atoms with Crippen LogP contribution in [0.1, 0.15) is 5.56 Å². The van der Waals surface area contributed by atoms with Crippen LogP contribution in [0, 0.1) is 6.92 Å². The third-order valence-electron chi connectivity index (χ3n) is 5.08. The Morgan fingerprint density at radius 2 is 1.20 bits per heavy atom. The average molecular weight is 318 g/mol. The normalized spacial score (nSPS) is 11.4. The molecular weight excluding hydrogens is 300 g/mol. The molecular formula is C25H18. The maximum absolute atomic E-state index is 2.32. The van der Waals surface area contributed by atoms with E-state index < -0.39 is 0 Å². The second-order valence-electron chi connectivity index (χ2n) is 6.72.